The van der Waals surface area contributed by atoms with E-state index in [2.05, 4.69) is 4.90 Å². The first-order valence-electron chi connectivity index (χ1n) is 8.31. The maximum atomic E-state index is 12.4. The molecule has 3 rings (SSSR count). The molecule has 2 aliphatic rings. The second-order valence-corrected chi connectivity index (χ2v) is 6.58. The van der Waals surface area contributed by atoms with Crippen LogP contribution in [0.5, 0.6) is 0 Å². The van der Waals surface area contributed by atoms with Crippen LogP contribution in [0.25, 0.3) is 0 Å². The lowest BCUT2D eigenvalue weighted by molar-refractivity contribution is -0.145. The van der Waals surface area contributed by atoms with Crippen LogP contribution in [-0.2, 0) is 20.7 Å². The van der Waals surface area contributed by atoms with Crippen LogP contribution in [0.4, 0.5) is 0 Å². The van der Waals surface area contributed by atoms with Gasteiger partial charge in [-0.2, -0.15) is 0 Å². The molecule has 2 atom stereocenters. The molecule has 0 bridgehead atoms. The average Bonchev–Trinajstić information content (AvgIpc) is 2.88. The summed E-state index contributed by atoms with van der Waals surface area (Å²) in [4.78, 5) is 28.3. The first-order valence-corrected chi connectivity index (χ1v) is 8.31. The van der Waals surface area contributed by atoms with Crippen LogP contribution in [0.2, 0.25) is 0 Å². The normalized spacial score (nSPS) is 25.5. The third-order valence-corrected chi connectivity index (χ3v) is 4.73. The quantitative estimate of drug-likeness (QED) is 0.791. The van der Waals surface area contributed by atoms with Crippen molar-refractivity contribution in [1.82, 2.24) is 9.80 Å². The summed E-state index contributed by atoms with van der Waals surface area (Å²) in [5.41, 5.74) is 2.25. The van der Waals surface area contributed by atoms with Gasteiger partial charge >= 0.3 is 5.97 Å². The number of hydrogen-bond donors (Lipinski definition) is 0. The van der Waals surface area contributed by atoms with Gasteiger partial charge in [0.1, 0.15) is 12.1 Å². The molecule has 1 amide bonds. The van der Waals surface area contributed by atoms with Gasteiger partial charge in [0.2, 0.25) is 5.91 Å². The molecule has 5 nitrogen and oxygen atoms in total. The Balaban J connectivity index is 1.51. The molecule has 0 radical (unpaired) electrons. The van der Waals surface area contributed by atoms with Crippen LogP contribution in [0, 0.1) is 6.92 Å². The molecule has 2 fully saturated rings. The van der Waals surface area contributed by atoms with Gasteiger partial charge in [-0.15, -0.1) is 0 Å². The zero-order valence-electron chi connectivity index (χ0n) is 13.8. The van der Waals surface area contributed by atoms with Crippen molar-refractivity contribution in [2.24, 2.45) is 0 Å². The van der Waals surface area contributed by atoms with Crippen molar-refractivity contribution in [3.63, 3.8) is 0 Å². The van der Waals surface area contributed by atoms with Crippen LogP contribution in [0.15, 0.2) is 24.3 Å². The van der Waals surface area contributed by atoms with Gasteiger partial charge in [0.05, 0.1) is 6.42 Å². The summed E-state index contributed by atoms with van der Waals surface area (Å²) in [5.74, 6) is 0.0489. The molecule has 5 heteroatoms. The van der Waals surface area contributed by atoms with E-state index in [9.17, 15) is 9.59 Å². The second kappa shape index (κ2) is 6.71. The van der Waals surface area contributed by atoms with Crippen LogP contribution >= 0.6 is 0 Å². The summed E-state index contributed by atoms with van der Waals surface area (Å²) in [6.45, 7) is 6.82. The summed E-state index contributed by atoms with van der Waals surface area (Å²) in [6.07, 6.45) is 1.22. The number of rotatable bonds is 3. The van der Waals surface area contributed by atoms with E-state index in [1.165, 1.54) is 5.56 Å². The standard InChI is InChI=1S/C18H24N2O3/c1-13-3-5-15(6-4-13)12-17(21)20-9-7-19(8-10-20)16-11-14(2)23-18(16)22/h3-6,14,16H,7-12H2,1-2H3/t14-,16+/m0/s1. The molecule has 0 aliphatic carbocycles. The van der Waals surface area contributed by atoms with Crippen molar-refractivity contribution in [2.75, 3.05) is 26.2 Å². The number of nitrogens with zero attached hydrogens (tertiary/aromatic N) is 2. The van der Waals surface area contributed by atoms with E-state index >= 15 is 0 Å². The van der Waals surface area contributed by atoms with Gasteiger partial charge in [-0.25, -0.2) is 0 Å². The molecule has 0 unspecified atom stereocenters. The number of cyclic esters (lactones) is 1. The highest BCUT2D eigenvalue weighted by Gasteiger charge is 2.38. The number of carbonyl (C=O) groups excluding carboxylic acids is 2. The number of aryl methyl sites for hydroxylation is 1. The number of carbonyl (C=O) groups is 2. The molecule has 1 aromatic rings. The van der Waals surface area contributed by atoms with E-state index in [1.807, 2.05) is 43.0 Å². The van der Waals surface area contributed by atoms with Crippen molar-refractivity contribution in [1.29, 1.82) is 0 Å². The van der Waals surface area contributed by atoms with Crippen molar-refractivity contribution < 1.29 is 14.3 Å². The fraction of sp³-hybridized carbons (Fsp3) is 0.556. The molecule has 2 aliphatic heterocycles. The minimum absolute atomic E-state index is 0.00805. The van der Waals surface area contributed by atoms with E-state index in [1.54, 1.807) is 0 Å². The molecule has 124 valence electrons. The molecule has 1 aromatic carbocycles. The fourth-order valence-corrected chi connectivity index (χ4v) is 3.31. The highest BCUT2D eigenvalue weighted by Crippen LogP contribution is 2.21. The number of esters is 1. The van der Waals surface area contributed by atoms with E-state index in [0.29, 0.717) is 19.5 Å². The zero-order chi connectivity index (χ0) is 16.4. The minimum Gasteiger partial charge on any atom is -0.461 e. The molecule has 0 N–H and O–H groups in total. The third-order valence-electron chi connectivity index (χ3n) is 4.73. The van der Waals surface area contributed by atoms with Gasteiger partial charge in [0.15, 0.2) is 0 Å². The molecule has 2 saturated heterocycles. The van der Waals surface area contributed by atoms with Crippen LogP contribution < -0.4 is 0 Å². The Hall–Kier alpha value is -1.88. The Labute approximate surface area is 137 Å². The molecule has 0 aromatic heterocycles. The molecule has 23 heavy (non-hydrogen) atoms. The summed E-state index contributed by atoms with van der Waals surface area (Å²) >= 11 is 0. The van der Waals surface area contributed by atoms with Crippen LogP contribution in [0.1, 0.15) is 24.5 Å². The van der Waals surface area contributed by atoms with Crippen molar-refractivity contribution in [3.05, 3.63) is 35.4 Å². The van der Waals surface area contributed by atoms with Gasteiger partial charge in [-0.1, -0.05) is 29.8 Å². The van der Waals surface area contributed by atoms with Crippen LogP contribution in [-0.4, -0.2) is 60.0 Å². The van der Waals surface area contributed by atoms with Gasteiger partial charge in [0.25, 0.3) is 0 Å². The summed E-state index contributed by atoms with van der Waals surface area (Å²) in [6, 6.07) is 7.97. The number of amides is 1. The largest absolute Gasteiger partial charge is 0.461 e. The van der Waals surface area contributed by atoms with E-state index in [4.69, 9.17) is 4.74 Å². The Kier molecular flexibility index (Phi) is 4.66. The Morgan fingerprint density at radius 3 is 2.39 bits per heavy atom. The van der Waals surface area contributed by atoms with Crippen LogP contribution in [0.3, 0.4) is 0 Å². The first kappa shape index (κ1) is 16.0. The molecular weight excluding hydrogens is 292 g/mol. The number of ether oxygens (including phenoxy) is 1. The molecule has 0 spiro atoms. The van der Waals surface area contributed by atoms with E-state index < -0.39 is 0 Å². The van der Waals surface area contributed by atoms with E-state index in [0.717, 1.165) is 25.1 Å². The monoisotopic (exact) mass is 316 g/mol. The van der Waals surface area contributed by atoms with Gasteiger partial charge in [0, 0.05) is 32.6 Å². The highest BCUT2D eigenvalue weighted by atomic mass is 16.6. The third kappa shape index (κ3) is 3.72. The predicted molar refractivity (Wildman–Crippen MR) is 87.0 cm³/mol. The predicted octanol–water partition coefficient (Wildman–Crippen LogP) is 1.39. The maximum Gasteiger partial charge on any atom is 0.323 e. The number of benzene rings is 1. The lowest BCUT2D eigenvalue weighted by atomic mass is 10.1. The molecule has 0 saturated carbocycles. The summed E-state index contributed by atoms with van der Waals surface area (Å²) < 4.78 is 5.23. The highest BCUT2D eigenvalue weighted by molar-refractivity contribution is 5.79. The second-order valence-electron chi connectivity index (χ2n) is 6.58. The minimum atomic E-state index is -0.126. The van der Waals surface area contributed by atoms with Crippen molar-refractivity contribution in [3.8, 4) is 0 Å². The fourth-order valence-electron chi connectivity index (χ4n) is 3.31. The van der Waals surface area contributed by atoms with Crippen molar-refractivity contribution >= 4 is 11.9 Å². The van der Waals surface area contributed by atoms with Gasteiger partial charge < -0.3 is 9.64 Å². The SMILES string of the molecule is Cc1ccc(CC(=O)N2CCN([C@@H]3C[C@H](C)OC3=O)CC2)cc1. The topological polar surface area (TPSA) is 49.9 Å². The Bertz CT molecular complexity index is 576. The Morgan fingerprint density at radius 1 is 1.17 bits per heavy atom. The van der Waals surface area contributed by atoms with E-state index in [-0.39, 0.29) is 24.0 Å². The summed E-state index contributed by atoms with van der Waals surface area (Å²) in [5, 5.41) is 0. The zero-order valence-corrected chi connectivity index (χ0v) is 13.8. The smallest absolute Gasteiger partial charge is 0.323 e. The average molecular weight is 316 g/mol. The van der Waals surface area contributed by atoms with Crippen molar-refractivity contribution in [2.45, 2.75) is 38.8 Å². The van der Waals surface area contributed by atoms with Gasteiger partial charge in [-0.05, 0) is 19.4 Å². The maximum absolute atomic E-state index is 12.4. The number of piperazine rings is 1. The Morgan fingerprint density at radius 2 is 1.83 bits per heavy atom. The lowest BCUT2D eigenvalue weighted by Crippen LogP contribution is -2.53. The lowest BCUT2D eigenvalue weighted by Gasteiger charge is -2.36. The molecule has 2 heterocycles. The van der Waals surface area contributed by atoms with Gasteiger partial charge in [-0.3, -0.25) is 14.5 Å². The summed E-state index contributed by atoms with van der Waals surface area (Å²) in [7, 11) is 0. The first-order chi connectivity index (χ1) is 11.0. The molecular formula is C18H24N2O3. The number of hydrogen-bond acceptors (Lipinski definition) is 4.